The molecule has 2 aromatic carbocycles. The molecule has 3 rings (SSSR count). The van der Waals surface area contributed by atoms with Gasteiger partial charge in [0.05, 0.1) is 0 Å². The summed E-state index contributed by atoms with van der Waals surface area (Å²) in [6.07, 6.45) is 1.77. The summed E-state index contributed by atoms with van der Waals surface area (Å²) < 4.78 is 5.61. The van der Waals surface area contributed by atoms with Gasteiger partial charge in [0, 0.05) is 18.4 Å². The number of hydrogen-bond acceptors (Lipinski definition) is 4. The minimum atomic E-state index is -1.07. The lowest BCUT2D eigenvalue weighted by molar-refractivity contribution is -0.143. The summed E-state index contributed by atoms with van der Waals surface area (Å²) in [6, 6.07) is 14.9. The predicted molar refractivity (Wildman–Crippen MR) is 131 cm³/mol. The SMILES string of the molecule is CCCCC(CC(=O)N[C@H](C(=O)O)C(C)C)NC(=O)OCC1c2ccccc2-c2ccccc21. The van der Waals surface area contributed by atoms with Crippen LogP contribution in [0.15, 0.2) is 48.5 Å². The molecule has 2 atom stereocenters. The van der Waals surface area contributed by atoms with E-state index in [4.69, 9.17) is 4.74 Å². The summed E-state index contributed by atoms with van der Waals surface area (Å²) in [5, 5.41) is 14.7. The molecule has 1 aliphatic rings. The van der Waals surface area contributed by atoms with Crippen molar-refractivity contribution in [2.24, 2.45) is 5.92 Å². The van der Waals surface area contributed by atoms with Crippen LogP contribution in [0.4, 0.5) is 4.79 Å². The number of ether oxygens (including phenoxy) is 1. The zero-order valence-electron chi connectivity index (χ0n) is 20.0. The molecule has 0 aliphatic heterocycles. The average Bonchev–Trinajstić information content (AvgIpc) is 3.13. The van der Waals surface area contributed by atoms with Crippen molar-refractivity contribution in [3.63, 3.8) is 0 Å². The highest BCUT2D eigenvalue weighted by Crippen LogP contribution is 2.44. The summed E-state index contributed by atoms with van der Waals surface area (Å²) >= 11 is 0. The molecule has 2 aromatic rings. The third kappa shape index (κ3) is 6.16. The van der Waals surface area contributed by atoms with Crippen LogP contribution in [0.3, 0.4) is 0 Å². The molecule has 7 nitrogen and oxygen atoms in total. The van der Waals surface area contributed by atoms with Crippen molar-refractivity contribution >= 4 is 18.0 Å². The van der Waals surface area contributed by atoms with Gasteiger partial charge >= 0.3 is 12.1 Å². The largest absolute Gasteiger partial charge is 0.480 e. The van der Waals surface area contributed by atoms with Crippen LogP contribution in [0.2, 0.25) is 0 Å². The maximum absolute atomic E-state index is 12.7. The fraction of sp³-hybridized carbons (Fsp3) is 0.444. The number of benzene rings is 2. The number of nitrogens with one attached hydrogen (secondary N) is 2. The highest BCUT2D eigenvalue weighted by molar-refractivity contribution is 5.84. The third-order valence-corrected chi connectivity index (χ3v) is 6.25. The molecule has 0 aromatic heterocycles. The number of hydrogen-bond donors (Lipinski definition) is 3. The summed E-state index contributed by atoms with van der Waals surface area (Å²) in [5.41, 5.74) is 4.57. The molecule has 34 heavy (non-hydrogen) atoms. The summed E-state index contributed by atoms with van der Waals surface area (Å²) in [5.74, 6) is -1.76. The van der Waals surface area contributed by atoms with Crippen LogP contribution >= 0.6 is 0 Å². The van der Waals surface area contributed by atoms with Crippen molar-refractivity contribution in [2.45, 2.75) is 64.5 Å². The van der Waals surface area contributed by atoms with Gasteiger partial charge in [0.2, 0.25) is 5.91 Å². The van der Waals surface area contributed by atoms with E-state index in [0.29, 0.717) is 6.42 Å². The molecular weight excluding hydrogens is 432 g/mol. The van der Waals surface area contributed by atoms with Gasteiger partial charge in [0.15, 0.2) is 0 Å². The third-order valence-electron chi connectivity index (χ3n) is 6.25. The van der Waals surface area contributed by atoms with Crippen molar-refractivity contribution in [2.75, 3.05) is 6.61 Å². The topological polar surface area (TPSA) is 105 Å². The lowest BCUT2D eigenvalue weighted by atomic mass is 9.98. The number of amides is 2. The smallest absolute Gasteiger partial charge is 0.407 e. The van der Waals surface area contributed by atoms with Gasteiger partial charge in [-0.05, 0) is 34.6 Å². The maximum atomic E-state index is 12.7. The molecule has 7 heteroatoms. The van der Waals surface area contributed by atoms with Gasteiger partial charge in [0.25, 0.3) is 0 Å². The molecular formula is C27H34N2O5. The number of carboxylic acid groups (broad SMARTS) is 1. The van der Waals surface area contributed by atoms with E-state index in [1.807, 2.05) is 31.2 Å². The van der Waals surface area contributed by atoms with E-state index in [9.17, 15) is 19.5 Å². The summed E-state index contributed by atoms with van der Waals surface area (Å²) in [4.78, 5) is 36.5. The monoisotopic (exact) mass is 466 g/mol. The van der Waals surface area contributed by atoms with Crippen molar-refractivity contribution < 1.29 is 24.2 Å². The quantitative estimate of drug-likeness (QED) is 0.445. The molecule has 3 N–H and O–H groups in total. The van der Waals surface area contributed by atoms with Crippen LogP contribution in [-0.2, 0) is 14.3 Å². The zero-order chi connectivity index (χ0) is 24.7. The van der Waals surface area contributed by atoms with Crippen LogP contribution in [0.5, 0.6) is 0 Å². The van der Waals surface area contributed by atoms with Crippen LogP contribution in [-0.4, -0.2) is 41.8 Å². The van der Waals surface area contributed by atoms with E-state index in [1.165, 1.54) is 0 Å². The average molecular weight is 467 g/mol. The lowest BCUT2D eigenvalue weighted by Crippen LogP contribution is -2.47. The lowest BCUT2D eigenvalue weighted by Gasteiger charge is -2.22. The Kier molecular flexibility index (Phi) is 8.68. The molecule has 1 unspecified atom stereocenters. The second-order valence-corrected chi connectivity index (χ2v) is 9.14. The first-order chi connectivity index (χ1) is 16.3. The Morgan fingerprint density at radius 3 is 2.09 bits per heavy atom. The maximum Gasteiger partial charge on any atom is 0.407 e. The Hall–Kier alpha value is -3.35. The number of aliphatic carboxylic acids is 1. The summed E-state index contributed by atoms with van der Waals surface area (Å²) in [7, 11) is 0. The number of carbonyl (C=O) groups excluding carboxylic acids is 2. The van der Waals surface area contributed by atoms with Gasteiger partial charge in [-0.3, -0.25) is 4.79 Å². The molecule has 0 spiro atoms. The fourth-order valence-corrected chi connectivity index (χ4v) is 4.45. The minimum absolute atomic E-state index is 0.000690. The zero-order valence-corrected chi connectivity index (χ0v) is 20.0. The van der Waals surface area contributed by atoms with Gasteiger partial charge < -0.3 is 20.5 Å². The Morgan fingerprint density at radius 2 is 1.56 bits per heavy atom. The van der Waals surface area contributed by atoms with Crippen molar-refractivity contribution in [3.05, 3.63) is 59.7 Å². The first-order valence-corrected chi connectivity index (χ1v) is 12.0. The normalized spacial score (nSPS) is 14.1. The second-order valence-electron chi connectivity index (χ2n) is 9.14. The van der Waals surface area contributed by atoms with E-state index >= 15 is 0 Å². The Labute approximate surface area is 200 Å². The Morgan fingerprint density at radius 1 is 0.971 bits per heavy atom. The Balaban J connectivity index is 1.61. The van der Waals surface area contributed by atoms with Gasteiger partial charge in [-0.1, -0.05) is 82.1 Å². The molecule has 0 saturated carbocycles. The Bertz CT molecular complexity index is 974. The van der Waals surface area contributed by atoms with E-state index in [0.717, 1.165) is 35.1 Å². The van der Waals surface area contributed by atoms with Gasteiger partial charge in [-0.25, -0.2) is 9.59 Å². The summed E-state index contributed by atoms with van der Waals surface area (Å²) in [6.45, 7) is 5.70. The van der Waals surface area contributed by atoms with Crippen molar-refractivity contribution in [1.29, 1.82) is 0 Å². The van der Waals surface area contributed by atoms with Crippen molar-refractivity contribution in [3.8, 4) is 11.1 Å². The highest BCUT2D eigenvalue weighted by Gasteiger charge is 2.30. The van der Waals surface area contributed by atoms with E-state index < -0.39 is 30.1 Å². The molecule has 0 radical (unpaired) electrons. The van der Waals surface area contributed by atoms with Gasteiger partial charge in [0.1, 0.15) is 12.6 Å². The van der Waals surface area contributed by atoms with Gasteiger partial charge in [-0.2, -0.15) is 0 Å². The second kappa shape index (κ2) is 11.7. The van der Waals surface area contributed by atoms with E-state index in [2.05, 4.69) is 34.9 Å². The van der Waals surface area contributed by atoms with Crippen LogP contribution < -0.4 is 10.6 Å². The highest BCUT2D eigenvalue weighted by atomic mass is 16.5. The van der Waals surface area contributed by atoms with Crippen LogP contribution in [0.1, 0.15) is 63.5 Å². The van der Waals surface area contributed by atoms with Crippen LogP contribution in [0.25, 0.3) is 11.1 Å². The number of carbonyl (C=O) groups is 3. The number of unbranched alkanes of at least 4 members (excludes halogenated alkanes) is 1. The number of alkyl carbamates (subject to hydrolysis) is 1. The molecule has 2 amide bonds. The molecule has 1 aliphatic carbocycles. The molecule has 0 heterocycles. The molecule has 0 fully saturated rings. The fourth-order valence-electron chi connectivity index (χ4n) is 4.45. The standard InChI is InChI=1S/C27H34N2O5/c1-4-5-10-18(15-24(30)29-25(17(2)3)26(31)32)28-27(33)34-16-23-21-13-8-6-11-19(21)20-12-7-9-14-22(20)23/h6-9,11-14,17-18,23,25H,4-5,10,15-16H2,1-3H3,(H,28,33)(H,29,30)(H,31,32)/t18?,25-/m0/s1. The first-order valence-electron chi connectivity index (χ1n) is 12.0. The van der Waals surface area contributed by atoms with E-state index in [-0.39, 0.29) is 24.9 Å². The molecule has 182 valence electrons. The van der Waals surface area contributed by atoms with Crippen LogP contribution in [0, 0.1) is 5.92 Å². The molecule has 0 saturated heterocycles. The van der Waals surface area contributed by atoms with Crippen molar-refractivity contribution in [1.82, 2.24) is 10.6 Å². The molecule has 0 bridgehead atoms. The minimum Gasteiger partial charge on any atom is -0.480 e. The number of rotatable bonds is 11. The van der Waals surface area contributed by atoms with E-state index in [1.54, 1.807) is 13.8 Å². The number of fused-ring (bicyclic) bond motifs is 3. The predicted octanol–water partition coefficient (Wildman–Crippen LogP) is 4.70. The number of carboxylic acids is 1. The van der Waals surface area contributed by atoms with Gasteiger partial charge in [-0.15, -0.1) is 0 Å². The first kappa shape index (κ1) is 25.3.